The molecule has 2 N–H and O–H groups in total. The maximum atomic E-state index is 12.6. The number of anilines is 2. The lowest BCUT2D eigenvalue weighted by Gasteiger charge is -2.32. The summed E-state index contributed by atoms with van der Waals surface area (Å²) in [5.74, 6) is 0.882. The van der Waals surface area contributed by atoms with Crippen molar-refractivity contribution in [2.45, 2.75) is 45.1 Å². The molecule has 0 bridgehead atoms. The van der Waals surface area contributed by atoms with Crippen LogP contribution in [0.25, 0.3) is 0 Å². The molecule has 0 aromatic heterocycles. The van der Waals surface area contributed by atoms with Gasteiger partial charge in [-0.1, -0.05) is 18.5 Å². The van der Waals surface area contributed by atoms with E-state index in [1.807, 2.05) is 48.2 Å². The fraction of sp³-hybridized carbons (Fsp3) is 0.391. The molecule has 2 heterocycles. The summed E-state index contributed by atoms with van der Waals surface area (Å²) in [4.78, 5) is 25.9. The molecule has 1 fully saturated rings. The maximum Gasteiger partial charge on any atom is 0.321 e. The van der Waals surface area contributed by atoms with Crippen molar-refractivity contribution in [2.75, 3.05) is 23.7 Å². The topological polar surface area (TPSA) is 70.7 Å². The van der Waals surface area contributed by atoms with E-state index in [2.05, 4.69) is 10.6 Å². The first kappa shape index (κ1) is 20.5. The number of benzene rings is 2. The number of rotatable bonds is 4. The monoisotopic (exact) mass is 427 g/mol. The molecule has 1 saturated heterocycles. The minimum Gasteiger partial charge on any atom is -0.490 e. The summed E-state index contributed by atoms with van der Waals surface area (Å²) >= 11 is 6.15. The molecule has 6 nitrogen and oxygen atoms in total. The van der Waals surface area contributed by atoms with E-state index in [9.17, 15) is 9.59 Å². The first-order valence-electron chi connectivity index (χ1n) is 10.5. The number of nitrogens with one attached hydrogen (secondary N) is 2. The summed E-state index contributed by atoms with van der Waals surface area (Å²) < 4.78 is 6.15. The Morgan fingerprint density at radius 1 is 1.20 bits per heavy atom. The minimum absolute atomic E-state index is 0.0614. The summed E-state index contributed by atoms with van der Waals surface area (Å²) in [7, 11) is 0. The third-order valence-corrected chi connectivity index (χ3v) is 6.05. The molecular formula is C23H26ClN3O3. The van der Waals surface area contributed by atoms with E-state index in [-0.39, 0.29) is 18.0 Å². The molecule has 158 valence electrons. The number of likely N-dealkylation sites (tertiary alicyclic amines) is 1. The second-order valence-corrected chi connectivity index (χ2v) is 8.17. The van der Waals surface area contributed by atoms with Gasteiger partial charge in [0.25, 0.3) is 0 Å². The number of urea groups is 1. The van der Waals surface area contributed by atoms with Crippen LogP contribution in [0.4, 0.5) is 16.2 Å². The molecule has 0 saturated carbocycles. The van der Waals surface area contributed by atoms with Crippen molar-refractivity contribution < 1.29 is 14.3 Å². The quantitative estimate of drug-likeness (QED) is 0.731. The third kappa shape index (κ3) is 4.70. The fourth-order valence-corrected chi connectivity index (χ4v) is 4.18. The van der Waals surface area contributed by atoms with Crippen molar-refractivity contribution in [2.24, 2.45) is 0 Å². The molecule has 0 spiro atoms. The molecule has 30 heavy (non-hydrogen) atoms. The van der Waals surface area contributed by atoms with Gasteiger partial charge in [0, 0.05) is 48.7 Å². The average molecular weight is 428 g/mol. The zero-order chi connectivity index (χ0) is 21.1. The SMILES string of the molecule is CCc1cc(NC(=O)N2CCC(Oc3ccc4c(c3)CCC(=O)N4)CC2)ccc1Cl. The number of halogens is 1. The summed E-state index contributed by atoms with van der Waals surface area (Å²) in [6, 6.07) is 11.3. The molecule has 7 heteroatoms. The Labute approximate surface area is 181 Å². The smallest absolute Gasteiger partial charge is 0.321 e. The molecule has 2 aliphatic heterocycles. The molecule has 4 rings (SSSR count). The maximum absolute atomic E-state index is 12.6. The molecule has 3 amide bonds. The van der Waals surface area contributed by atoms with E-state index in [4.69, 9.17) is 16.3 Å². The largest absolute Gasteiger partial charge is 0.490 e. The molecule has 2 aromatic rings. The molecule has 0 unspecified atom stereocenters. The number of carbonyl (C=O) groups excluding carboxylic acids is 2. The second kappa shape index (κ2) is 8.96. The number of piperidine rings is 1. The molecule has 2 aliphatic rings. The van der Waals surface area contributed by atoms with E-state index < -0.39 is 0 Å². The van der Waals surface area contributed by atoms with Crippen LogP contribution in [0.2, 0.25) is 5.02 Å². The Morgan fingerprint density at radius 2 is 2.00 bits per heavy atom. The fourth-order valence-electron chi connectivity index (χ4n) is 3.93. The lowest BCUT2D eigenvalue weighted by Crippen LogP contribution is -2.43. The van der Waals surface area contributed by atoms with Crippen molar-refractivity contribution in [1.82, 2.24) is 4.90 Å². The number of ether oxygens (including phenoxy) is 1. The van der Waals surface area contributed by atoms with Crippen molar-refractivity contribution in [1.29, 1.82) is 0 Å². The van der Waals surface area contributed by atoms with Crippen LogP contribution >= 0.6 is 11.6 Å². The van der Waals surface area contributed by atoms with Crippen molar-refractivity contribution in [3.05, 3.63) is 52.5 Å². The molecule has 0 radical (unpaired) electrons. The number of hydrogen-bond acceptors (Lipinski definition) is 3. The lowest BCUT2D eigenvalue weighted by atomic mass is 10.0. The van der Waals surface area contributed by atoms with Gasteiger partial charge in [0.15, 0.2) is 0 Å². The summed E-state index contributed by atoms with van der Waals surface area (Å²) in [5.41, 5.74) is 3.77. The Hall–Kier alpha value is -2.73. The summed E-state index contributed by atoms with van der Waals surface area (Å²) in [5, 5.41) is 6.58. The zero-order valence-corrected chi connectivity index (χ0v) is 17.8. The van der Waals surface area contributed by atoms with Crippen molar-refractivity contribution in [3.8, 4) is 5.75 Å². The molecular weight excluding hydrogens is 402 g/mol. The van der Waals surface area contributed by atoms with Gasteiger partial charge in [-0.15, -0.1) is 0 Å². The molecule has 0 aliphatic carbocycles. The van der Waals surface area contributed by atoms with Gasteiger partial charge in [0.2, 0.25) is 5.91 Å². The number of nitrogens with zero attached hydrogens (tertiary/aromatic N) is 1. The Bertz CT molecular complexity index is 955. The predicted molar refractivity (Wildman–Crippen MR) is 118 cm³/mol. The lowest BCUT2D eigenvalue weighted by molar-refractivity contribution is -0.116. The van der Waals surface area contributed by atoms with Gasteiger partial charge in [0.05, 0.1) is 0 Å². The van der Waals surface area contributed by atoms with Crippen LogP contribution < -0.4 is 15.4 Å². The molecule has 0 atom stereocenters. The average Bonchev–Trinajstić information content (AvgIpc) is 2.75. The van der Waals surface area contributed by atoms with Crippen LogP contribution in [-0.4, -0.2) is 36.0 Å². The van der Waals surface area contributed by atoms with Gasteiger partial charge in [-0.05, 0) is 60.4 Å². The number of fused-ring (bicyclic) bond motifs is 1. The summed E-state index contributed by atoms with van der Waals surface area (Å²) in [6.45, 7) is 3.33. The van der Waals surface area contributed by atoms with Gasteiger partial charge in [0.1, 0.15) is 11.9 Å². The minimum atomic E-state index is -0.0950. The molecule has 2 aromatic carbocycles. The Balaban J connectivity index is 1.29. The number of amides is 3. The number of aryl methyl sites for hydroxylation is 2. The van der Waals surface area contributed by atoms with Crippen LogP contribution in [0.15, 0.2) is 36.4 Å². The predicted octanol–water partition coefficient (Wildman–Crippen LogP) is 4.86. The van der Waals surface area contributed by atoms with Gasteiger partial charge < -0.3 is 20.3 Å². The van der Waals surface area contributed by atoms with E-state index in [0.717, 1.165) is 59.0 Å². The van der Waals surface area contributed by atoms with E-state index in [0.29, 0.717) is 19.5 Å². The van der Waals surface area contributed by atoms with Gasteiger partial charge in [-0.2, -0.15) is 0 Å². The number of hydrogen-bond donors (Lipinski definition) is 2. The third-order valence-electron chi connectivity index (χ3n) is 5.68. The Morgan fingerprint density at radius 3 is 2.77 bits per heavy atom. The first-order chi connectivity index (χ1) is 14.5. The highest BCUT2D eigenvalue weighted by Crippen LogP contribution is 2.28. The van der Waals surface area contributed by atoms with Crippen LogP contribution in [0.5, 0.6) is 5.75 Å². The van der Waals surface area contributed by atoms with Crippen LogP contribution in [0, 0.1) is 0 Å². The highest BCUT2D eigenvalue weighted by molar-refractivity contribution is 6.31. The van der Waals surface area contributed by atoms with Crippen LogP contribution in [-0.2, 0) is 17.6 Å². The summed E-state index contributed by atoms with van der Waals surface area (Å²) in [6.07, 6.45) is 3.70. The van der Waals surface area contributed by atoms with Gasteiger partial charge in [-0.3, -0.25) is 4.79 Å². The Kier molecular flexibility index (Phi) is 6.13. The van der Waals surface area contributed by atoms with E-state index >= 15 is 0 Å². The highest BCUT2D eigenvalue weighted by atomic mass is 35.5. The first-order valence-corrected chi connectivity index (χ1v) is 10.8. The van der Waals surface area contributed by atoms with Gasteiger partial charge in [-0.25, -0.2) is 4.79 Å². The van der Waals surface area contributed by atoms with Gasteiger partial charge >= 0.3 is 6.03 Å². The van der Waals surface area contributed by atoms with Crippen LogP contribution in [0.1, 0.15) is 37.3 Å². The highest BCUT2D eigenvalue weighted by Gasteiger charge is 2.24. The van der Waals surface area contributed by atoms with E-state index in [1.165, 1.54) is 0 Å². The standard InChI is InChI=1S/C23H26ClN3O3/c1-2-15-13-17(4-6-20(15)24)25-23(29)27-11-9-18(10-12-27)30-19-5-7-21-16(14-19)3-8-22(28)26-21/h4-7,13-14,18H,2-3,8-12H2,1H3,(H,25,29)(H,26,28). The van der Waals surface area contributed by atoms with E-state index in [1.54, 1.807) is 0 Å². The van der Waals surface area contributed by atoms with Crippen molar-refractivity contribution in [3.63, 3.8) is 0 Å². The zero-order valence-electron chi connectivity index (χ0n) is 17.0. The second-order valence-electron chi connectivity index (χ2n) is 7.76. The number of carbonyl (C=O) groups is 2. The normalized spacial score (nSPS) is 16.6. The van der Waals surface area contributed by atoms with Crippen LogP contribution in [0.3, 0.4) is 0 Å². The van der Waals surface area contributed by atoms with Crippen molar-refractivity contribution >= 4 is 34.9 Å².